The van der Waals surface area contributed by atoms with Crippen LogP contribution in [0.2, 0.25) is 0 Å². The highest BCUT2D eigenvalue weighted by atomic mass is 16.5. The molecule has 3 rings (SSSR count). The summed E-state index contributed by atoms with van der Waals surface area (Å²) in [5, 5.41) is 9.37. The van der Waals surface area contributed by atoms with Gasteiger partial charge in [0, 0.05) is 12.2 Å². The largest absolute Gasteiger partial charge is 0.478 e. The molecule has 0 unspecified atom stereocenters. The smallest absolute Gasteiger partial charge is 0.335 e. The van der Waals surface area contributed by atoms with Crippen LogP contribution in [-0.2, 0) is 9.59 Å². The number of carbonyl (C=O) groups is 2. The van der Waals surface area contributed by atoms with Crippen molar-refractivity contribution in [2.45, 2.75) is 6.92 Å². The van der Waals surface area contributed by atoms with Crippen LogP contribution in [0.5, 0.6) is 17.4 Å². The number of nitrogens with zero attached hydrogens (tertiary/aromatic N) is 2. The number of hydrogen-bond donors (Lipinski definition) is 1. The number of aromatic nitrogens is 2. The number of fused-ring (bicyclic) bond motifs is 1. The van der Waals surface area contributed by atoms with Crippen LogP contribution in [-0.4, -0.2) is 27.0 Å². The number of aliphatic carboxylic acids is 1. The summed E-state index contributed by atoms with van der Waals surface area (Å²) in [5.41, 5.74) is 2.22. The minimum atomic E-state index is -1.03. The van der Waals surface area contributed by atoms with Crippen molar-refractivity contribution >= 4 is 28.9 Å². The molecular weight excluding hydrogens is 360 g/mol. The van der Waals surface area contributed by atoms with Crippen molar-refractivity contribution in [3.63, 3.8) is 0 Å². The molecule has 2 aromatic carbocycles. The van der Waals surface area contributed by atoms with E-state index < -0.39 is 11.9 Å². The molecule has 0 radical (unpaired) electrons. The summed E-state index contributed by atoms with van der Waals surface area (Å²) < 4.78 is 11.0. The third-order valence-electron chi connectivity index (χ3n) is 3.83. The molecule has 0 aliphatic rings. The molecule has 1 heterocycles. The highest BCUT2D eigenvalue weighted by Crippen LogP contribution is 2.30. The number of hydrogen-bond acceptors (Lipinski definition) is 6. The number of esters is 1. The molecule has 140 valence electrons. The van der Waals surface area contributed by atoms with Gasteiger partial charge in [0.2, 0.25) is 5.88 Å². The van der Waals surface area contributed by atoms with Gasteiger partial charge in [-0.15, -0.1) is 0 Å². The Morgan fingerprint density at radius 1 is 1.11 bits per heavy atom. The van der Waals surface area contributed by atoms with Gasteiger partial charge in [-0.05, 0) is 54.5 Å². The number of carboxylic acids is 1. The van der Waals surface area contributed by atoms with Crippen LogP contribution in [0, 0.1) is 6.92 Å². The van der Waals surface area contributed by atoms with Crippen LogP contribution < -0.4 is 9.47 Å². The zero-order valence-corrected chi connectivity index (χ0v) is 15.0. The van der Waals surface area contributed by atoms with Gasteiger partial charge in [-0.25, -0.2) is 19.6 Å². The number of ether oxygens (including phenoxy) is 2. The first-order chi connectivity index (χ1) is 13.5. The predicted octanol–water partition coefficient (Wildman–Crippen LogP) is 3.92. The standard InChI is InChI=1S/C21H16N2O5/c1-3-20(26)27-16-7-8-18-17(11-16)21(23-12-22-18)28-15-6-4-13(2)14(10-15)5-9-19(24)25/h3-12H,1H2,2H3,(H,24,25)/b9-5+. The monoisotopic (exact) mass is 376 g/mol. The third kappa shape index (κ3) is 4.39. The number of carboxylic acid groups (broad SMARTS) is 1. The molecule has 0 amide bonds. The Kier molecular flexibility index (Phi) is 5.45. The van der Waals surface area contributed by atoms with E-state index in [0.717, 1.165) is 17.7 Å². The van der Waals surface area contributed by atoms with Crippen molar-refractivity contribution in [2.24, 2.45) is 0 Å². The molecule has 0 aliphatic heterocycles. The maximum atomic E-state index is 11.4. The second-order valence-electron chi connectivity index (χ2n) is 5.78. The fourth-order valence-corrected chi connectivity index (χ4v) is 2.45. The van der Waals surface area contributed by atoms with E-state index in [0.29, 0.717) is 28.0 Å². The quantitative estimate of drug-likeness (QED) is 0.395. The zero-order chi connectivity index (χ0) is 20.1. The second-order valence-corrected chi connectivity index (χ2v) is 5.78. The minimum absolute atomic E-state index is 0.276. The zero-order valence-electron chi connectivity index (χ0n) is 15.0. The highest BCUT2D eigenvalue weighted by molar-refractivity contribution is 5.88. The topological polar surface area (TPSA) is 98.6 Å². The average Bonchev–Trinajstić information content (AvgIpc) is 2.68. The second kappa shape index (κ2) is 8.13. The first kappa shape index (κ1) is 18.8. The molecule has 3 aromatic rings. The van der Waals surface area contributed by atoms with Gasteiger partial charge >= 0.3 is 11.9 Å². The van der Waals surface area contributed by atoms with Crippen molar-refractivity contribution in [1.29, 1.82) is 0 Å². The van der Waals surface area contributed by atoms with Crippen molar-refractivity contribution < 1.29 is 24.2 Å². The van der Waals surface area contributed by atoms with Gasteiger partial charge in [0.1, 0.15) is 17.8 Å². The molecule has 7 nitrogen and oxygen atoms in total. The maximum absolute atomic E-state index is 11.4. The van der Waals surface area contributed by atoms with E-state index in [9.17, 15) is 9.59 Å². The van der Waals surface area contributed by atoms with Crippen LogP contribution >= 0.6 is 0 Å². The Morgan fingerprint density at radius 3 is 2.64 bits per heavy atom. The Bertz CT molecular complexity index is 1110. The fourth-order valence-electron chi connectivity index (χ4n) is 2.45. The lowest BCUT2D eigenvalue weighted by Gasteiger charge is -2.10. The van der Waals surface area contributed by atoms with E-state index in [1.165, 1.54) is 12.4 Å². The molecule has 1 aromatic heterocycles. The fraction of sp³-hybridized carbons (Fsp3) is 0.0476. The van der Waals surface area contributed by atoms with Crippen molar-refractivity contribution in [2.75, 3.05) is 0 Å². The lowest BCUT2D eigenvalue weighted by molar-refractivity contribution is -0.131. The van der Waals surface area contributed by atoms with E-state index >= 15 is 0 Å². The average molecular weight is 376 g/mol. The van der Waals surface area contributed by atoms with E-state index in [4.69, 9.17) is 14.6 Å². The maximum Gasteiger partial charge on any atom is 0.335 e. The number of benzene rings is 2. The Balaban J connectivity index is 1.96. The molecule has 1 N–H and O–H groups in total. The Labute approximate surface area is 160 Å². The Morgan fingerprint density at radius 2 is 1.89 bits per heavy atom. The molecule has 0 saturated carbocycles. The molecular formula is C21H16N2O5. The first-order valence-electron chi connectivity index (χ1n) is 8.25. The summed E-state index contributed by atoms with van der Waals surface area (Å²) in [6.45, 7) is 5.23. The van der Waals surface area contributed by atoms with Gasteiger partial charge in [-0.3, -0.25) is 0 Å². The summed E-state index contributed by atoms with van der Waals surface area (Å²) in [7, 11) is 0. The van der Waals surface area contributed by atoms with Crippen molar-refractivity contribution in [3.8, 4) is 17.4 Å². The van der Waals surface area contributed by atoms with Crippen LogP contribution in [0.25, 0.3) is 17.0 Å². The third-order valence-corrected chi connectivity index (χ3v) is 3.83. The van der Waals surface area contributed by atoms with E-state index in [1.807, 2.05) is 13.0 Å². The van der Waals surface area contributed by atoms with Gasteiger partial charge in [0.15, 0.2) is 0 Å². The van der Waals surface area contributed by atoms with Gasteiger partial charge in [-0.2, -0.15) is 0 Å². The van der Waals surface area contributed by atoms with Crippen LogP contribution in [0.4, 0.5) is 0 Å². The minimum Gasteiger partial charge on any atom is -0.478 e. The van der Waals surface area contributed by atoms with Gasteiger partial charge in [-0.1, -0.05) is 12.6 Å². The molecule has 0 bridgehead atoms. The summed E-state index contributed by atoms with van der Waals surface area (Å²) in [5.74, 6) is -0.546. The first-order valence-corrected chi connectivity index (χ1v) is 8.25. The summed E-state index contributed by atoms with van der Waals surface area (Å²) in [6, 6.07) is 10.2. The van der Waals surface area contributed by atoms with E-state index in [1.54, 1.807) is 30.3 Å². The van der Waals surface area contributed by atoms with Crippen molar-refractivity contribution in [1.82, 2.24) is 9.97 Å². The Hall–Kier alpha value is -4.00. The van der Waals surface area contributed by atoms with Crippen LogP contribution in [0.3, 0.4) is 0 Å². The lowest BCUT2D eigenvalue weighted by atomic mass is 10.1. The predicted molar refractivity (Wildman–Crippen MR) is 103 cm³/mol. The number of carbonyl (C=O) groups excluding carboxylic acids is 1. The van der Waals surface area contributed by atoms with Gasteiger partial charge < -0.3 is 14.6 Å². The molecule has 7 heteroatoms. The SMILES string of the molecule is C=CC(=O)Oc1ccc2ncnc(Oc3ccc(C)c(/C=C/C(=O)O)c3)c2c1. The lowest BCUT2D eigenvalue weighted by Crippen LogP contribution is -2.03. The summed E-state index contributed by atoms with van der Waals surface area (Å²) in [4.78, 5) is 30.5. The van der Waals surface area contributed by atoms with Crippen LogP contribution in [0.15, 0.2) is 61.5 Å². The summed E-state index contributed by atoms with van der Waals surface area (Å²) in [6.07, 6.45) is 5.00. The highest BCUT2D eigenvalue weighted by Gasteiger charge is 2.10. The van der Waals surface area contributed by atoms with E-state index in [2.05, 4.69) is 16.5 Å². The number of rotatable bonds is 6. The molecule has 0 saturated heterocycles. The van der Waals surface area contributed by atoms with Gasteiger partial charge in [0.25, 0.3) is 0 Å². The van der Waals surface area contributed by atoms with Crippen LogP contribution in [0.1, 0.15) is 11.1 Å². The molecule has 0 fully saturated rings. The number of aryl methyl sites for hydroxylation is 1. The summed E-state index contributed by atoms with van der Waals surface area (Å²) >= 11 is 0. The van der Waals surface area contributed by atoms with Gasteiger partial charge in [0.05, 0.1) is 10.9 Å². The molecule has 0 atom stereocenters. The van der Waals surface area contributed by atoms with Crippen molar-refractivity contribution in [3.05, 3.63) is 72.6 Å². The normalized spacial score (nSPS) is 10.8. The molecule has 0 aliphatic carbocycles. The molecule has 0 spiro atoms. The van der Waals surface area contributed by atoms with E-state index in [-0.39, 0.29) is 5.88 Å². The molecule has 28 heavy (non-hydrogen) atoms.